The number of rotatable bonds is 3. The lowest BCUT2D eigenvalue weighted by Crippen LogP contribution is -2.35. The normalized spacial score (nSPS) is 17.8. The standard InChI is InChI=1S/C17H19F3N2O2/c1-21-11-4-6-14-13(8-16(23)24-2)12-5-3-10(17(18,19)20)7-15(12)22(14)9-11/h3,5,7,11,21H,4,6,8-9H2,1-2H3. The zero-order valence-electron chi connectivity index (χ0n) is 13.5. The maximum Gasteiger partial charge on any atom is 0.416 e. The Bertz CT molecular complexity index is 780. The van der Waals surface area contributed by atoms with Crippen molar-refractivity contribution in [2.24, 2.45) is 0 Å². The van der Waals surface area contributed by atoms with E-state index in [4.69, 9.17) is 4.74 Å². The summed E-state index contributed by atoms with van der Waals surface area (Å²) in [6.07, 6.45) is -2.72. The molecule has 2 heterocycles. The van der Waals surface area contributed by atoms with Gasteiger partial charge in [0, 0.05) is 29.2 Å². The molecule has 1 aliphatic rings. The van der Waals surface area contributed by atoms with E-state index in [1.165, 1.54) is 19.2 Å². The zero-order chi connectivity index (χ0) is 17.5. The van der Waals surface area contributed by atoms with Gasteiger partial charge in [-0.15, -0.1) is 0 Å². The fourth-order valence-electron chi connectivity index (χ4n) is 3.42. The molecule has 1 aromatic heterocycles. The van der Waals surface area contributed by atoms with Crippen LogP contribution in [0.5, 0.6) is 0 Å². The van der Waals surface area contributed by atoms with Gasteiger partial charge in [-0.1, -0.05) is 6.07 Å². The molecule has 0 fully saturated rings. The Kier molecular flexibility index (Phi) is 4.29. The number of aromatic nitrogens is 1. The molecule has 1 unspecified atom stereocenters. The summed E-state index contributed by atoms with van der Waals surface area (Å²) in [6, 6.07) is 3.92. The fourth-order valence-corrected chi connectivity index (χ4v) is 3.42. The first kappa shape index (κ1) is 16.8. The number of nitrogens with zero attached hydrogens (tertiary/aromatic N) is 1. The van der Waals surface area contributed by atoms with Gasteiger partial charge in [0.2, 0.25) is 0 Å². The molecule has 1 N–H and O–H groups in total. The molecule has 0 saturated carbocycles. The minimum Gasteiger partial charge on any atom is -0.469 e. The van der Waals surface area contributed by atoms with Crippen molar-refractivity contribution in [2.75, 3.05) is 14.2 Å². The Morgan fingerprint density at radius 1 is 1.42 bits per heavy atom. The lowest BCUT2D eigenvalue weighted by Gasteiger charge is -2.25. The van der Waals surface area contributed by atoms with Crippen LogP contribution in [0, 0.1) is 0 Å². The Labute approximate surface area is 137 Å². The van der Waals surface area contributed by atoms with Gasteiger partial charge in [-0.05, 0) is 37.6 Å². The minimum absolute atomic E-state index is 0.0743. The number of alkyl halides is 3. The van der Waals surface area contributed by atoms with E-state index in [9.17, 15) is 18.0 Å². The number of likely N-dealkylation sites (N-methyl/N-ethyl adjacent to an activating group) is 1. The smallest absolute Gasteiger partial charge is 0.416 e. The quantitative estimate of drug-likeness (QED) is 0.874. The number of hydrogen-bond donors (Lipinski definition) is 1. The van der Waals surface area contributed by atoms with Gasteiger partial charge in [0.25, 0.3) is 0 Å². The summed E-state index contributed by atoms with van der Waals surface area (Å²) in [4.78, 5) is 11.7. The Hall–Kier alpha value is -2.02. The van der Waals surface area contributed by atoms with Gasteiger partial charge in [0.1, 0.15) is 0 Å². The molecule has 4 nitrogen and oxygen atoms in total. The number of fused-ring (bicyclic) bond motifs is 3. The summed E-state index contributed by atoms with van der Waals surface area (Å²) >= 11 is 0. The largest absolute Gasteiger partial charge is 0.469 e. The number of nitrogens with one attached hydrogen (secondary N) is 1. The molecule has 0 bridgehead atoms. The van der Waals surface area contributed by atoms with E-state index in [0.29, 0.717) is 23.9 Å². The highest BCUT2D eigenvalue weighted by atomic mass is 19.4. The van der Waals surface area contributed by atoms with Gasteiger partial charge < -0.3 is 14.6 Å². The van der Waals surface area contributed by atoms with Crippen LogP contribution < -0.4 is 5.32 Å². The van der Waals surface area contributed by atoms with E-state index >= 15 is 0 Å². The second-order valence-electron chi connectivity index (χ2n) is 6.04. The third-order valence-electron chi connectivity index (χ3n) is 4.70. The Morgan fingerprint density at radius 3 is 2.79 bits per heavy atom. The molecular weight excluding hydrogens is 321 g/mol. The number of ether oxygens (including phenoxy) is 1. The zero-order valence-corrected chi connectivity index (χ0v) is 13.5. The number of esters is 1. The summed E-state index contributed by atoms with van der Waals surface area (Å²) in [7, 11) is 3.16. The monoisotopic (exact) mass is 340 g/mol. The molecule has 0 amide bonds. The van der Waals surface area contributed by atoms with Crippen molar-refractivity contribution in [1.29, 1.82) is 0 Å². The number of methoxy groups -OCH3 is 1. The Morgan fingerprint density at radius 2 is 2.17 bits per heavy atom. The first-order valence-corrected chi connectivity index (χ1v) is 7.80. The van der Waals surface area contributed by atoms with Crippen molar-refractivity contribution in [2.45, 2.75) is 38.0 Å². The van der Waals surface area contributed by atoms with Crippen LogP contribution in [-0.2, 0) is 35.1 Å². The van der Waals surface area contributed by atoms with Crippen molar-refractivity contribution in [1.82, 2.24) is 9.88 Å². The van der Waals surface area contributed by atoms with Crippen LogP contribution >= 0.6 is 0 Å². The summed E-state index contributed by atoms with van der Waals surface area (Å²) in [6.45, 7) is 0.588. The third kappa shape index (κ3) is 2.88. The van der Waals surface area contributed by atoms with Crippen molar-refractivity contribution in [3.63, 3.8) is 0 Å². The number of hydrogen-bond acceptors (Lipinski definition) is 3. The van der Waals surface area contributed by atoms with Crippen LogP contribution in [0.15, 0.2) is 18.2 Å². The van der Waals surface area contributed by atoms with Crippen molar-refractivity contribution >= 4 is 16.9 Å². The van der Waals surface area contributed by atoms with Gasteiger partial charge in [-0.25, -0.2) is 0 Å². The van der Waals surface area contributed by atoms with Crippen molar-refractivity contribution in [3.8, 4) is 0 Å². The van der Waals surface area contributed by atoms with Crippen LogP contribution in [0.3, 0.4) is 0 Å². The molecule has 0 radical (unpaired) electrons. The van der Waals surface area contributed by atoms with Crippen molar-refractivity contribution in [3.05, 3.63) is 35.0 Å². The second-order valence-corrected chi connectivity index (χ2v) is 6.04. The van der Waals surface area contributed by atoms with Gasteiger partial charge in [0.15, 0.2) is 0 Å². The van der Waals surface area contributed by atoms with Gasteiger partial charge in [-0.2, -0.15) is 13.2 Å². The molecule has 0 spiro atoms. The fraction of sp³-hybridized carbons (Fsp3) is 0.471. The molecule has 1 aliphatic heterocycles. The maximum atomic E-state index is 13.1. The lowest BCUT2D eigenvalue weighted by atomic mass is 10.00. The van der Waals surface area contributed by atoms with E-state index in [-0.39, 0.29) is 18.4 Å². The minimum atomic E-state index is -4.39. The Balaban J connectivity index is 2.19. The molecule has 1 aromatic carbocycles. The molecule has 3 rings (SSSR count). The SMILES string of the molecule is CNC1CCc2c(CC(=O)OC)c3ccc(C(F)(F)F)cc3n2C1. The van der Waals surface area contributed by atoms with Crippen LogP contribution in [0.2, 0.25) is 0 Å². The lowest BCUT2D eigenvalue weighted by molar-refractivity contribution is -0.140. The third-order valence-corrected chi connectivity index (χ3v) is 4.70. The number of halogens is 3. The number of carbonyl (C=O) groups excluding carboxylic acids is 1. The predicted molar refractivity (Wildman–Crippen MR) is 83.8 cm³/mol. The highest BCUT2D eigenvalue weighted by Crippen LogP contribution is 2.36. The first-order chi connectivity index (χ1) is 11.3. The summed E-state index contributed by atoms with van der Waals surface area (Å²) in [5.74, 6) is -0.388. The first-order valence-electron chi connectivity index (χ1n) is 7.80. The molecule has 7 heteroatoms. The van der Waals surface area contributed by atoms with Crippen LogP contribution in [0.4, 0.5) is 13.2 Å². The van der Waals surface area contributed by atoms with E-state index in [1.54, 1.807) is 0 Å². The van der Waals surface area contributed by atoms with Crippen molar-refractivity contribution < 1.29 is 22.7 Å². The molecule has 0 aliphatic carbocycles. The van der Waals surface area contributed by atoms with Crippen LogP contribution in [0.1, 0.15) is 23.2 Å². The molecule has 24 heavy (non-hydrogen) atoms. The van der Waals surface area contributed by atoms with E-state index in [1.807, 2.05) is 11.6 Å². The van der Waals surface area contributed by atoms with Gasteiger partial charge in [0.05, 0.1) is 19.1 Å². The maximum absolute atomic E-state index is 13.1. The van der Waals surface area contributed by atoms with Crippen LogP contribution in [0.25, 0.3) is 10.9 Å². The summed E-state index contributed by atoms with van der Waals surface area (Å²) < 4.78 is 45.9. The topological polar surface area (TPSA) is 43.3 Å². The average molecular weight is 340 g/mol. The van der Waals surface area contributed by atoms with E-state index < -0.39 is 11.7 Å². The summed E-state index contributed by atoms with van der Waals surface area (Å²) in [5.41, 5.74) is 1.56. The predicted octanol–water partition coefficient (Wildman–Crippen LogP) is 2.91. The second kappa shape index (κ2) is 6.12. The van der Waals surface area contributed by atoms with E-state index in [0.717, 1.165) is 23.7 Å². The van der Waals surface area contributed by atoms with Gasteiger partial charge in [-0.3, -0.25) is 4.79 Å². The average Bonchev–Trinajstić information content (AvgIpc) is 2.86. The molecule has 130 valence electrons. The highest BCUT2D eigenvalue weighted by Gasteiger charge is 2.32. The van der Waals surface area contributed by atoms with Gasteiger partial charge >= 0.3 is 12.1 Å². The molecule has 2 aromatic rings. The molecule has 1 atom stereocenters. The van der Waals surface area contributed by atoms with Crippen LogP contribution in [-0.4, -0.2) is 30.7 Å². The number of carbonyl (C=O) groups is 1. The molecular formula is C17H19F3N2O2. The molecule has 0 saturated heterocycles. The highest BCUT2D eigenvalue weighted by molar-refractivity contribution is 5.90. The number of benzene rings is 1. The van der Waals surface area contributed by atoms with E-state index in [2.05, 4.69) is 5.32 Å². The summed E-state index contributed by atoms with van der Waals surface area (Å²) in [5, 5.41) is 3.88.